The third-order valence-corrected chi connectivity index (χ3v) is 1.95. The molecular formula is C7H13F4N. The minimum absolute atomic E-state index is 0.0185. The van der Waals surface area contributed by atoms with E-state index in [2.05, 4.69) is 0 Å². The summed E-state index contributed by atoms with van der Waals surface area (Å²) < 4.78 is 49.1. The zero-order chi connectivity index (χ0) is 9.99. The first kappa shape index (κ1) is 11.7. The molecule has 12 heavy (non-hydrogen) atoms. The van der Waals surface area contributed by atoms with Crippen LogP contribution in [0.1, 0.15) is 20.3 Å². The summed E-state index contributed by atoms with van der Waals surface area (Å²) in [6, 6.07) is 0. The molecule has 0 bridgehead atoms. The number of hydrogen-bond donors (Lipinski definition) is 1. The molecule has 0 aliphatic rings. The Bertz CT molecular complexity index is 144. The van der Waals surface area contributed by atoms with Gasteiger partial charge in [0.15, 0.2) is 0 Å². The van der Waals surface area contributed by atoms with E-state index in [9.17, 15) is 17.6 Å². The molecule has 1 nitrogen and oxygen atoms in total. The standard InChI is InChI=1S/C7H13F4N/c1-6(2,3-4-12)7(10,11)5(8)9/h5H,3-4,12H2,1-2H3. The monoisotopic (exact) mass is 187 g/mol. The average Bonchev–Trinajstić information content (AvgIpc) is 1.86. The summed E-state index contributed by atoms with van der Waals surface area (Å²) in [7, 11) is 0. The van der Waals surface area contributed by atoms with E-state index in [1.54, 1.807) is 0 Å². The summed E-state index contributed by atoms with van der Waals surface area (Å²) in [6.07, 6.45) is -3.75. The number of halogens is 4. The van der Waals surface area contributed by atoms with Crippen LogP contribution in [-0.4, -0.2) is 18.9 Å². The van der Waals surface area contributed by atoms with E-state index in [0.29, 0.717) is 0 Å². The first-order valence-electron chi connectivity index (χ1n) is 3.61. The topological polar surface area (TPSA) is 26.0 Å². The fourth-order valence-electron chi connectivity index (χ4n) is 0.823. The Morgan fingerprint density at radius 1 is 1.25 bits per heavy atom. The Balaban J connectivity index is 4.50. The van der Waals surface area contributed by atoms with E-state index in [-0.39, 0.29) is 13.0 Å². The lowest BCUT2D eigenvalue weighted by atomic mass is 9.82. The van der Waals surface area contributed by atoms with Gasteiger partial charge in [-0.25, -0.2) is 8.78 Å². The lowest BCUT2D eigenvalue weighted by molar-refractivity contribution is -0.198. The van der Waals surface area contributed by atoms with Crippen LogP contribution in [0, 0.1) is 5.41 Å². The minimum atomic E-state index is -3.97. The van der Waals surface area contributed by atoms with Crippen LogP contribution in [0.25, 0.3) is 0 Å². The van der Waals surface area contributed by atoms with Crippen LogP contribution in [0.4, 0.5) is 17.6 Å². The van der Waals surface area contributed by atoms with E-state index in [1.165, 1.54) is 0 Å². The molecule has 0 heterocycles. The Morgan fingerprint density at radius 3 is 1.92 bits per heavy atom. The molecule has 0 aromatic rings. The third kappa shape index (κ3) is 2.09. The molecule has 2 N–H and O–H groups in total. The summed E-state index contributed by atoms with van der Waals surface area (Å²) in [6.45, 7) is 2.16. The Morgan fingerprint density at radius 2 is 1.67 bits per heavy atom. The van der Waals surface area contributed by atoms with Gasteiger partial charge in [-0.15, -0.1) is 0 Å². The van der Waals surface area contributed by atoms with E-state index in [1.807, 2.05) is 0 Å². The molecule has 0 rings (SSSR count). The highest BCUT2D eigenvalue weighted by molar-refractivity contribution is 4.87. The first-order valence-corrected chi connectivity index (χ1v) is 3.61. The lowest BCUT2D eigenvalue weighted by Crippen LogP contribution is -2.43. The predicted octanol–water partition coefficient (Wildman–Crippen LogP) is 2.26. The molecule has 5 heteroatoms. The van der Waals surface area contributed by atoms with Gasteiger partial charge in [-0.1, -0.05) is 13.8 Å². The molecule has 0 aromatic heterocycles. The highest BCUT2D eigenvalue weighted by Gasteiger charge is 2.53. The van der Waals surface area contributed by atoms with Gasteiger partial charge in [0.1, 0.15) is 0 Å². The summed E-state index contributed by atoms with van der Waals surface area (Å²) in [5.74, 6) is -3.97. The van der Waals surface area contributed by atoms with Gasteiger partial charge in [0.25, 0.3) is 0 Å². The summed E-state index contributed by atoms with van der Waals surface area (Å²) in [5.41, 5.74) is 3.29. The summed E-state index contributed by atoms with van der Waals surface area (Å²) >= 11 is 0. The van der Waals surface area contributed by atoms with Crippen molar-refractivity contribution in [1.82, 2.24) is 0 Å². The number of hydrogen-bond acceptors (Lipinski definition) is 1. The number of rotatable bonds is 4. The van der Waals surface area contributed by atoms with Crippen LogP contribution in [0.2, 0.25) is 0 Å². The van der Waals surface area contributed by atoms with Gasteiger partial charge < -0.3 is 5.73 Å². The molecule has 0 fully saturated rings. The van der Waals surface area contributed by atoms with Gasteiger partial charge >= 0.3 is 12.3 Å². The largest absolute Gasteiger partial charge is 0.330 e. The molecule has 0 saturated heterocycles. The maximum absolute atomic E-state index is 12.7. The van der Waals surface area contributed by atoms with Crippen molar-refractivity contribution in [3.8, 4) is 0 Å². The molecule has 0 unspecified atom stereocenters. The smallest absolute Gasteiger partial charge is 0.312 e. The molecule has 0 amide bonds. The third-order valence-electron chi connectivity index (χ3n) is 1.95. The zero-order valence-corrected chi connectivity index (χ0v) is 7.08. The van der Waals surface area contributed by atoms with Crippen molar-refractivity contribution in [2.75, 3.05) is 6.54 Å². The van der Waals surface area contributed by atoms with Crippen molar-refractivity contribution in [3.05, 3.63) is 0 Å². The molecule has 0 spiro atoms. The van der Waals surface area contributed by atoms with E-state index < -0.39 is 17.8 Å². The molecular weight excluding hydrogens is 174 g/mol. The maximum atomic E-state index is 12.7. The fourth-order valence-corrected chi connectivity index (χ4v) is 0.823. The molecule has 74 valence electrons. The predicted molar refractivity (Wildman–Crippen MR) is 38.4 cm³/mol. The van der Waals surface area contributed by atoms with Crippen molar-refractivity contribution >= 4 is 0 Å². The molecule has 0 aliphatic carbocycles. The Hall–Kier alpha value is -0.320. The van der Waals surface area contributed by atoms with E-state index >= 15 is 0 Å². The average molecular weight is 187 g/mol. The van der Waals surface area contributed by atoms with Crippen LogP contribution < -0.4 is 5.73 Å². The molecule has 0 saturated carbocycles. The molecule has 0 aromatic carbocycles. The highest BCUT2D eigenvalue weighted by Crippen LogP contribution is 2.42. The van der Waals surface area contributed by atoms with Gasteiger partial charge in [-0.2, -0.15) is 8.78 Å². The highest BCUT2D eigenvalue weighted by atomic mass is 19.3. The summed E-state index contributed by atoms with van der Waals surface area (Å²) in [4.78, 5) is 0. The normalized spacial score (nSPS) is 14.0. The fraction of sp³-hybridized carbons (Fsp3) is 1.00. The minimum Gasteiger partial charge on any atom is -0.330 e. The van der Waals surface area contributed by atoms with Gasteiger partial charge in [0.2, 0.25) is 0 Å². The van der Waals surface area contributed by atoms with Gasteiger partial charge in [0.05, 0.1) is 0 Å². The second-order valence-electron chi connectivity index (χ2n) is 3.35. The SMILES string of the molecule is CC(C)(CCN)C(F)(F)C(F)F. The van der Waals surface area contributed by atoms with Crippen LogP contribution in [0.3, 0.4) is 0 Å². The zero-order valence-electron chi connectivity index (χ0n) is 7.08. The van der Waals surface area contributed by atoms with Gasteiger partial charge in [-0.05, 0) is 13.0 Å². The van der Waals surface area contributed by atoms with Crippen LogP contribution in [-0.2, 0) is 0 Å². The van der Waals surface area contributed by atoms with E-state index in [0.717, 1.165) is 13.8 Å². The summed E-state index contributed by atoms with van der Waals surface area (Å²) in [5, 5.41) is 0. The van der Waals surface area contributed by atoms with Gasteiger partial charge in [0, 0.05) is 5.41 Å². The van der Waals surface area contributed by atoms with Crippen LogP contribution in [0.15, 0.2) is 0 Å². The van der Waals surface area contributed by atoms with Crippen molar-refractivity contribution in [2.24, 2.45) is 11.1 Å². The van der Waals surface area contributed by atoms with E-state index in [4.69, 9.17) is 5.73 Å². The van der Waals surface area contributed by atoms with Crippen LogP contribution in [0.5, 0.6) is 0 Å². The number of alkyl halides is 4. The van der Waals surface area contributed by atoms with Crippen molar-refractivity contribution in [3.63, 3.8) is 0 Å². The van der Waals surface area contributed by atoms with Crippen molar-refractivity contribution in [1.29, 1.82) is 0 Å². The maximum Gasteiger partial charge on any atom is 0.312 e. The van der Waals surface area contributed by atoms with Crippen molar-refractivity contribution < 1.29 is 17.6 Å². The Labute approximate surface area is 68.9 Å². The first-order chi connectivity index (χ1) is 5.25. The molecule has 0 atom stereocenters. The Kier molecular flexibility index (Phi) is 3.50. The van der Waals surface area contributed by atoms with Gasteiger partial charge in [-0.3, -0.25) is 0 Å². The quantitative estimate of drug-likeness (QED) is 0.671. The van der Waals surface area contributed by atoms with Crippen LogP contribution >= 0.6 is 0 Å². The molecule has 0 aliphatic heterocycles. The lowest BCUT2D eigenvalue weighted by Gasteiger charge is -2.32. The second-order valence-corrected chi connectivity index (χ2v) is 3.35. The molecule has 0 radical (unpaired) electrons. The number of nitrogens with two attached hydrogens (primary N) is 1. The second kappa shape index (κ2) is 3.60. The van der Waals surface area contributed by atoms with Crippen molar-refractivity contribution in [2.45, 2.75) is 32.6 Å².